The van der Waals surface area contributed by atoms with Crippen molar-refractivity contribution < 1.29 is 35.5 Å². The molecule has 0 radical (unpaired) electrons. The third-order valence-electron chi connectivity index (χ3n) is 1.31. The van der Waals surface area contributed by atoms with Crippen molar-refractivity contribution in [2.24, 2.45) is 0 Å². The van der Waals surface area contributed by atoms with Crippen molar-refractivity contribution in [1.82, 2.24) is 0 Å². The van der Waals surface area contributed by atoms with Crippen molar-refractivity contribution in [3.63, 3.8) is 0 Å². The molecule has 0 saturated heterocycles. The molecule has 1 rings (SSSR count). The molecule has 0 atom stereocenters. The zero-order chi connectivity index (χ0) is 13.3. The van der Waals surface area contributed by atoms with Gasteiger partial charge in [0.05, 0.1) is 0 Å². The van der Waals surface area contributed by atoms with Crippen LogP contribution in [0.4, 0.5) is 30.7 Å². The van der Waals surface area contributed by atoms with Crippen molar-refractivity contribution in [2.45, 2.75) is 16.8 Å². The molecule has 1 aromatic carbocycles. The molecular weight excluding hydrogens is 277 g/mol. The van der Waals surface area contributed by atoms with E-state index in [-0.39, 0.29) is 0 Å². The molecule has 0 aliphatic heterocycles. The first-order valence-electron chi connectivity index (χ1n) is 3.87. The summed E-state index contributed by atoms with van der Waals surface area (Å²) in [5, 5.41) is 0. The molecule has 0 aromatic heterocycles. The molecule has 0 saturated carbocycles. The van der Waals surface area contributed by atoms with Crippen LogP contribution in [0.15, 0.2) is 23.1 Å². The largest absolute Gasteiger partial charge is 0.573 e. The Morgan fingerprint density at radius 3 is 2.00 bits per heavy atom. The molecule has 0 unspecified atom stereocenters. The quantitative estimate of drug-likeness (QED) is 0.589. The molecule has 0 spiro atoms. The van der Waals surface area contributed by atoms with Crippen LogP contribution in [0.5, 0.6) is 5.75 Å². The number of ether oxygens (including phenoxy) is 1. The standard InChI is InChI=1S/C8H3F7OS/c9-4-1-5(16-7(10,11)12)3-6(2-4)17-8(13,14)15/h1-3H. The third-order valence-corrected chi connectivity index (χ3v) is 2.01. The number of thioether (sulfide) groups is 1. The summed E-state index contributed by atoms with van der Waals surface area (Å²) in [6.45, 7) is 0. The average Bonchev–Trinajstić information content (AvgIpc) is 1.93. The molecule has 0 bridgehead atoms. The number of halogens is 7. The molecule has 9 heteroatoms. The van der Waals surface area contributed by atoms with Gasteiger partial charge in [-0.1, -0.05) is 0 Å². The second-order valence-electron chi connectivity index (χ2n) is 2.72. The lowest BCUT2D eigenvalue weighted by molar-refractivity contribution is -0.274. The van der Waals surface area contributed by atoms with Crippen molar-refractivity contribution in [2.75, 3.05) is 0 Å². The van der Waals surface area contributed by atoms with Gasteiger partial charge in [-0.2, -0.15) is 13.2 Å². The first-order chi connectivity index (χ1) is 7.55. The minimum absolute atomic E-state index is 0.341. The van der Waals surface area contributed by atoms with Gasteiger partial charge in [0.2, 0.25) is 0 Å². The molecule has 17 heavy (non-hydrogen) atoms. The second kappa shape index (κ2) is 4.63. The highest BCUT2D eigenvalue weighted by Crippen LogP contribution is 2.39. The molecule has 0 heterocycles. The van der Waals surface area contributed by atoms with E-state index in [0.717, 1.165) is 0 Å². The zero-order valence-electron chi connectivity index (χ0n) is 7.69. The Kier molecular flexibility index (Phi) is 3.80. The summed E-state index contributed by atoms with van der Waals surface area (Å²) >= 11 is -0.732. The summed E-state index contributed by atoms with van der Waals surface area (Å²) in [4.78, 5) is -0.725. The fraction of sp³-hybridized carbons (Fsp3) is 0.250. The lowest BCUT2D eigenvalue weighted by atomic mass is 10.3. The van der Waals surface area contributed by atoms with Gasteiger partial charge in [-0.3, -0.25) is 0 Å². The molecule has 96 valence electrons. The average molecular weight is 280 g/mol. The lowest BCUT2D eigenvalue weighted by Crippen LogP contribution is -2.17. The van der Waals surface area contributed by atoms with Gasteiger partial charge >= 0.3 is 11.9 Å². The lowest BCUT2D eigenvalue weighted by Gasteiger charge is -2.11. The van der Waals surface area contributed by atoms with Crippen LogP contribution >= 0.6 is 11.8 Å². The van der Waals surface area contributed by atoms with E-state index in [0.29, 0.717) is 18.2 Å². The maximum atomic E-state index is 12.8. The van der Waals surface area contributed by atoms with Crippen molar-refractivity contribution in [1.29, 1.82) is 0 Å². The molecular formula is C8H3F7OS. The van der Waals surface area contributed by atoms with Crippen LogP contribution in [-0.2, 0) is 0 Å². The van der Waals surface area contributed by atoms with Gasteiger partial charge in [0, 0.05) is 11.0 Å². The maximum absolute atomic E-state index is 12.8. The Labute approximate surface area is 94.6 Å². The molecule has 1 aromatic rings. The smallest absolute Gasteiger partial charge is 0.406 e. The van der Waals surface area contributed by atoms with Crippen LogP contribution in [0.2, 0.25) is 0 Å². The number of benzene rings is 1. The van der Waals surface area contributed by atoms with Crippen LogP contribution < -0.4 is 4.74 Å². The van der Waals surface area contributed by atoms with E-state index >= 15 is 0 Å². The summed E-state index contributed by atoms with van der Waals surface area (Å²) in [7, 11) is 0. The summed E-state index contributed by atoms with van der Waals surface area (Å²) in [5.41, 5.74) is -4.72. The molecule has 0 amide bonds. The van der Waals surface area contributed by atoms with Gasteiger partial charge in [0.15, 0.2) is 0 Å². The zero-order valence-corrected chi connectivity index (χ0v) is 8.51. The van der Waals surface area contributed by atoms with E-state index in [2.05, 4.69) is 4.74 Å². The summed E-state index contributed by atoms with van der Waals surface area (Å²) in [5.74, 6) is -2.29. The Bertz CT molecular complexity index is 364. The van der Waals surface area contributed by atoms with Crippen molar-refractivity contribution in [3.8, 4) is 5.75 Å². The highest BCUT2D eigenvalue weighted by molar-refractivity contribution is 8.00. The van der Waals surface area contributed by atoms with Gasteiger partial charge in [-0.25, -0.2) is 4.39 Å². The summed E-state index contributed by atoms with van der Waals surface area (Å²) in [6.07, 6.45) is -5.09. The second-order valence-corrected chi connectivity index (χ2v) is 3.86. The normalized spacial score (nSPS) is 12.6. The monoisotopic (exact) mass is 280 g/mol. The van der Waals surface area contributed by atoms with Crippen LogP contribution in [-0.4, -0.2) is 11.9 Å². The van der Waals surface area contributed by atoms with E-state index in [1.807, 2.05) is 0 Å². The van der Waals surface area contributed by atoms with Crippen molar-refractivity contribution >= 4 is 11.8 Å². The fourth-order valence-electron chi connectivity index (χ4n) is 0.922. The minimum atomic E-state index is -5.09. The predicted octanol–water partition coefficient (Wildman–Crippen LogP) is 4.34. The van der Waals surface area contributed by atoms with E-state index < -0.39 is 40.1 Å². The Hall–Kier alpha value is -1.12. The predicted molar refractivity (Wildman–Crippen MR) is 45.0 cm³/mol. The van der Waals surface area contributed by atoms with Crippen LogP contribution in [0.25, 0.3) is 0 Å². The minimum Gasteiger partial charge on any atom is -0.406 e. The summed E-state index contributed by atoms with van der Waals surface area (Å²) < 4.78 is 87.1. The topological polar surface area (TPSA) is 9.23 Å². The maximum Gasteiger partial charge on any atom is 0.573 e. The summed E-state index contributed by atoms with van der Waals surface area (Å²) in [6, 6.07) is 1.25. The van der Waals surface area contributed by atoms with E-state index in [9.17, 15) is 30.7 Å². The van der Waals surface area contributed by atoms with Crippen molar-refractivity contribution in [3.05, 3.63) is 24.0 Å². The third kappa shape index (κ3) is 5.66. The van der Waals surface area contributed by atoms with Gasteiger partial charge in [0.25, 0.3) is 0 Å². The number of alkyl halides is 6. The first-order valence-corrected chi connectivity index (χ1v) is 4.69. The SMILES string of the molecule is Fc1cc(OC(F)(F)F)cc(SC(F)(F)F)c1. The highest BCUT2D eigenvalue weighted by Gasteiger charge is 2.33. The molecule has 0 N–H and O–H groups in total. The van der Waals surface area contributed by atoms with Gasteiger partial charge in [-0.15, -0.1) is 13.2 Å². The van der Waals surface area contributed by atoms with Crippen LogP contribution in [0, 0.1) is 5.82 Å². The Balaban J connectivity index is 2.95. The van der Waals surface area contributed by atoms with E-state index in [1.165, 1.54) is 0 Å². The Morgan fingerprint density at radius 2 is 1.53 bits per heavy atom. The molecule has 0 aliphatic carbocycles. The van der Waals surface area contributed by atoms with Gasteiger partial charge < -0.3 is 4.74 Å². The fourth-order valence-corrected chi connectivity index (χ4v) is 1.54. The van der Waals surface area contributed by atoms with Crippen LogP contribution in [0.1, 0.15) is 0 Å². The molecule has 1 nitrogen and oxygen atoms in total. The first kappa shape index (κ1) is 13.9. The Morgan fingerprint density at radius 1 is 0.941 bits per heavy atom. The van der Waals surface area contributed by atoms with E-state index in [4.69, 9.17) is 0 Å². The number of hydrogen-bond donors (Lipinski definition) is 0. The molecule has 0 fully saturated rings. The van der Waals surface area contributed by atoms with Gasteiger partial charge in [0.1, 0.15) is 11.6 Å². The number of rotatable bonds is 2. The number of hydrogen-bond acceptors (Lipinski definition) is 2. The highest BCUT2D eigenvalue weighted by atomic mass is 32.2. The van der Waals surface area contributed by atoms with Gasteiger partial charge in [-0.05, 0) is 23.9 Å². The molecule has 0 aliphatic rings. The van der Waals surface area contributed by atoms with Crippen LogP contribution in [0.3, 0.4) is 0 Å². The van der Waals surface area contributed by atoms with E-state index in [1.54, 1.807) is 0 Å².